The summed E-state index contributed by atoms with van der Waals surface area (Å²) in [6.45, 7) is -1.72. The van der Waals surface area contributed by atoms with Crippen LogP contribution in [0.15, 0.2) is 12.3 Å². The number of hydrogen-bond acceptors (Lipinski definition) is 1. The molecule has 72 valence electrons. The molecule has 0 atom stereocenters. The third-order valence-electron chi connectivity index (χ3n) is 0.600. The molecule has 0 aromatic carbocycles. The molecule has 0 fully saturated rings. The van der Waals surface area contributed by atoms with Crippen LogP contribution >= 0.6 is 0 Å². The van der Waals surface area contributed by atoms with Crippen molar-refractivity contribution in [2.45, 2.75) is 12.4 Å². The van der Waals surface area contributed by atoms with Gasteiger partial charge < -0.3 is 4.74 Å². The van der Waals surface area contributed by atoms with E-state index >= 15 is 0 Å². The summed E-state index contributed by atoms with van der Waals surface area (Å²) in [7, 11) is 0. The maximum atomic E-state index is 11.2. The van der Waals surface area contributed by atoms with Crippen molar-refractivity contribution in [3.63, 3.8) is 0 Å². The fourth-order valence-corrected chi connectivity index (χ4v) is 0.268. The highest BCUT2D eigenvalue weighted by Crippen LogP contribution is 2.17. The quantitative estimate of drug-likeness (QED) is 0.485. The van der Waals surface area contributed by atoms with Crippen LogP contribution in [-0.4, -0.2) is 19.0 Å². The molecule has 12 heavy (non-hydrogen) atoms. The lowest BCUT2D eigenvalue weighted by Gasteiger charge is -2.04. The van der Waals surface area contributed by atoms with Gasteiger partial charge in [-0.05, 0) is 0 Å². The van der Waals surface area contributed by atoms with Crippen LogP contribution in [0.2, 0.25) is 0 Å². The first-order valence-corrected chi connectivity index (χ1v) is 2.63. The lowest BCUT2D eigenvalue weighted by Crippen LogP contribution is -2.15. The van der Waals surface area contributed by atoms with Gasteiger partial charge >= 0.3 is 12.4 Å². The van der Waals surface area contributed by atoms with Gasteiger partial charge in [-0.25, -0.2) is 0 Å². The van der Waals surface area contributed by atoms with Gasteiger partial charge in [-0.1, -0.05) is 0 Å². The molecule has 0 unspecified atom stereocenters. The first kappa shape index (κ1) is 11.1. The second-order valence-corrected chi connectivity index (χ2v) is 1.77. The fraction of sp³-hybridized carbons (Fsp3) is 0.600. The summed E-state index contributed by atoms with van der Waals surface area (Å²) in [5.74, 6) is 0. The molecule has 7 heteroatoms. The second-order valence-electron chi connectivity index (χ2n) is 1.77. The van der Waals surface area contributed by atoms with Crippen LogP contribution in [0, 0.1) is 0 Å². The summed E-state index contributed by atoms with van der Waals surface area (Å²) in [5, 5.41) is 0. The molecule has 0 N–H and O–H groups in total. The van der Waals surface area contributed by atoms with Crippen LogP contribution in [0.1, 0.15) is 0 Å². The van der Waals surface area contributed by atoms with Crippen molar-refractivity contribution in [3.05, 3.63) is 12.3 Å². The normalized spacial score (nSPS) is 13.8. The van der Waals surface area contributed by atoms with Gasteiger partial charge in [0.25, 0.3) is 0 Å². The maximum Gasteiger partial charge on any atom is 0.422 e. The molecule has 0 aliphatic carbocycles. The topological polar surface area (TPSA) is 9.23 Å². The molecule has 1 nitrogen and oxygen atoms in total. The van der Waals surface area contributed by atoms with Crippen molar-refractivity contribution in [1.29, 1.82) is 0 Å². The Labute approximate surface area is 63.6 Å². The number of hydrogen-bond donors (Lipinski definition) is 0. The van der Waals surface area contributed by atoms with Crippen molar-refractivity contribution in [2.75, 3.05) is 6.61 Å². The highest BCUT2D eigenvalue weighted by Gasteiger charge is 2.28. The summed E-state index contributed by atoms with van der Waals surface area (Å²) in [4.78, 5) is 0. The van der Waals surface area contributed by atoms with Crippen LogP contribution in [0.3, 0.4) is 0 Å². The van der Waals surface area contributed by atoms with E-state index in [0.29, 0.717) is 0 Å². The Morgan fingerprint density at radius 1 is 1.00 bits per heavy atom. The summed E-state index contributed by atoms with van der Waals surface area (Å²) in [6, 6.07) is 0. The van der Waals surface area contributed by atoms with E-state index in [1.54, 1.807) is 0 Å². The van der Waals surface area contributed by atoms with Gasteiger partial charge in [-0.15, -0.1) is 0 Å². The zero-order chi connectivity index (χ0) is 9.83. The minimum absolute atomic E-state index is 0.0342. The lowest BCUT2D eigenvalue weighted by molar-refractivity contribution is -0.162. The Hall–Kier alpha value is -0.880. The Kier molecular flexibility index (Phi) is 3.41. The highest BCUT2D eigenvalue weighted by atomic mass is 19.4. The average molecular weight is 194 g/mol. The van der Waals surface area contributed by atoms with Gasteiger partial charge in [0, 0.05) is 0 Å². The molecule has 0 saturated heterocycles. The van der Waals surface area contributed by atoms with E-state index in [1.807, 2.05) is 0 Å². The first-order valence-electron chi connectivity index (χ1n) is 2.63. The third kappa shape index (κ3) is 9.12. The van der Waals surface area contributed by atoms with Gasteiger partial charge in [-0.3, -0.25) is 0 Å². The molecule has 0 aromatic heterocycles. The lowest BCUT2D eigenvalue weighted by atomic mass is 10.6. The Balaban J connectivity index is 3.64. The minimum Gasteiger partial charge on any atom is -0.492 e. The maximum absolute atomic E-state index is 11.2. The van der Waals surface area contributed by atoms with Gasteiger partial charge in [0.1, 0.15) is 0 Å². The molecular weight excluding hydrogens is 190 g/mol. The predicted molar refractivity (Wildman–Crippen MR) is 27.2 cm³/mol. The monoisotopic (exact) mass is 194 g/mol. The predicted octanol–water partition coefficient (Wildman–Crippen LogP) is 2.64. The zero-order valence-electron chi connectivity index (χ0n) is 5.54. The minimum atomic E-state index is -4.65. The van der Waals surface area contributed by atoms with Crippen molar-refractivity contribution >= 4 is 0 Å². The van der Waals surface area contributed by atoms with E-state index in [2.05, 4.69) is 4.74 Å². The van der Waals surface area contributed by atoms with Gasteiger partial charge in [0.2, 0.25) is 0 Å². The standard InChI is InChI=1S/C5H4F6O/c6-4(7,8)1-2-12-3-5(9,10)11/h1-2H,3H2/b2-1-. The zero-order valence-corrected chi connectivity index (χ0v) is 5.54. The molecule has 0 saturated carbocycles. The van der Waals surface area contributed by atoms with E-state index < -0.39 is 25.0 Å². The number of alkyl halides is 6. The molecular formula is C5H4F6O. The molecule has 0 aliphatic heterocycles. The summed E-state index contributed by atoms with van der Waals surface area (Å²) < 4.78 is 70.9. The highest BCUT2D eigenvalue weighted by molar-refractivity contribution is 4.82. The third-order valence-corrected chi connectivity index (χ3v) is 0.600. The van der Waals surface area contributed by atoms with Gasteiger partial charge in [-0.2, -0.15) is 26.3 Å². The van der Waals surface area contributed by atoms with Crippen LogP contribution < -0.4 is 0 Å². The van der Waals surface area contributed by atoms with Crippen molar-refractivity contribution in [3.8, 4) is 0 Å². The van der Waals surface area contributed by atoms with E-state index in [9.17, 15) is 26.3 Å². The average Bonchev–Trinajstić information content (AvgIpc) is 1.76. The first-order chi connectivity index (χ1) is 5.21. The molecule has 0 spiro atoms. The summed E-state index contributed by atoms with van der Waals surface area (Å²) in [6.07, 6.45) is -9.71. The van der Waals surface area contributed by atoms with Crippen LogP contribution in [0.5, 0.6) is 0 Å². The largest absolute Gasteiger partial charge is 0.492 e. The Morgan fingerprint density at radius 2 is 1.50 bits per heavy atom. The van der Waals surface area contributed by atoms with E-state index in [0.717, 1.165) is 0 Å². The van der Waals surface area contributed by atoms with E-state index in [4.69, 9.17) is 0 Å². The van der Waals surface area contributed by atoms with Crippen LogP contribution in [0.25, 0.3) is 0 Å². The van der Waals surface area contributed by atoms with Crippen LogP contribution in [0.4, 0.5) is 26.3 Å². The SMILES string of the molecule is FC(F)(F)/C=C\OCC(F)(F)F. The summed E-state index contributed by atoms with van der Waals surface area (Å²) >= 11 is 0. The molecule has 0 aromatic rings. The van der Waals surface area contributed by atoms with Crippen molar-refractivity contribution in [1.82, 2.24) is 0 Å². The summed E-state index contributed by atoms with van der Waals surface area (Å²) in [5.41, 5.74) is 0. The van der Waals surface area contributed by atoms with Crippen molar-refractivity contribution < 1.29 is 31.1 Å². The van der Waals surface area contributed by atoms with E-state index in [-0.39, 0.29) is 6.26 Å². The number of ether oxygens (including phenoxy) is 1. The smallest absolute Gasteiger partial charge is 0.422 e. The Bertz CT molecular complexity index is 154. The molecule has 0 amide bonds. The molecule has 0 heterocycles. The molecule has 0 radical (unpaired) electrons. The van der Waals surface area contributed by atoms with Crippen LogP contribution in [-0.2, 0) is 4.74 Å². The van der Waals surface area contributed by atoms with Gasteiger partial charge in [0.15, 0.2) is 6.61 Å². The van der Waals surface area contributed by atoms with Gasteiger partial charge in [0.05, 0.1) is 12.3 Å². The van der Waals surface area contributed by atoms with Crippen molar-refractivity contribution in [2.24, 2.45) is 0 Å². The molecule has 0 aliphatic rings. The number of rotatable bonds is 2. The molecule has 0 bridgehead atoms. The Morgan fingerprint density at radius 3 is 1.83 bits per heavy atom. The van der Waals surface area contributed by atoms with E-state index in [1.165, 1.54) is 0 Å². The molecule has 0 rings (SSSR count). The number of halogens is 6. The fourth-order valence-electron chi connectivity index (χ4n) is 0.268. The number of allylic oxidation sites excluding steroid dienone is 1. The second kappa shape index (κ2) is 3.68.